The molecule has 1 atom stereocenters. The molecule has 5 nitrogen and oxygen atoms in total. The zero-order valence-corrected chi connectivity index (χ0v) is 12.0. The lowest BCUT2D eigenvalue weighted by Crippen LogP contribution is -2.05. The minimum Gasteiger partial charge on any atom is -0.399 e. The maximum absolute atomic E-state index is 5.75. The van der Waals surface area contributed by atoms with Crippen LogP contribution in [0.3, 0.4) is 0 Å². The van der Waals surface area contributed by atoms with Gasteiger partial charge in [-0.05, 0) is 37.5 Å². The molecular weight excluding hydrogens is 254 g/mol. The van der Waals surface area contributed by atoms with Crippen LogP contribution in [0.5, 0.6) is 0 Å². The summed E-state index contributed by atoms with van der Waals surface area (Å²) in [5, 5.41) is 4.00. The Kier molecular flexibility index (Phi) is 5.12. The van der Waals surface area contributed by atoms with Crippen molar-refractivity contribution in [3.63, 3.8) is 0 Å². The minimum absolute atomic E-state index is 0.0788. The van der Waals surface area contributed by atoms with Crippen LogP contribution in [0.25, 0.3) is 0 Å². The Bertz CT molecular complexity index is 539. The average Bonchev–Trinajstić information content (AvgIpc) is 2.91. The van der Waals surface area contributed by atoms with E-state index in [1.54, 1.807) is 0 Å². The molecule has 0 aliphatic heterocycles. The lowest BCUT2D eigenvalue weighted by molar-refractivity contribution is 0.0518. The molecular formula is C15H21N3O2. The van der Waals surface area contributed by atoms with E-state index < -0.39 is 0 Å². The van der Waals surface area contributed by atoms with Crippen molar-refractivity contribution >= 4 is 5.69 Å². The number of ether oxygens (including phenoxy) is 1. The number of nitrogens with zero attached hydrogens (tertiary/aromatic N) is 2. The molecule has 5 heteroatoms. The van der Waals surface area contributed by atoms with Crippen LogP contribution in [0.2, 0.25) is 0 Å². The maximum Gasteiger partial charge on any atom is 0.227 e. The van der Waals surface area contributed by atoms with Crippen LogP contribution < -0.4 is 5.73 Å². The van der Waals surface area contributed by atoms with Gasteiger partial charge in [-0.2, -0.15) is 4.98 Å². The molecule has 20 heavy (non-hydrogen) atoms. The van der Waals surface area contributed by atoms with Gasteiger partial charge in [-0.15, -0.1) is 0 Å². The molecule has 0 aliphatic carbocycles. The third-order valence-corrected chi connectivity index (χ3v) is 3.09. The van der Waals surface area contributed by atoms with Gasteiger partial charge in [-0.3, -0.25) is 0 Å². The molecule has 108 valence electrons. The predicted molar refractivity (Wildman–Crippen MR) is 77.2 cm³/mol. The number of aromatic nitrogens is 2. The van der Waals surface area contributed by atoms with Gasteiger partial charge >= 0.3 is 0 Å². The van der Waals surface area contributed by atoms with Crippen molar-refractivity contribution in [2.75, 3.05) is 12.3 Å². The summed E-state index contributed by atoms with van der Waals surface area (Å²) in [4.78, 5) is 4.40. The van der Waals surface area contributed by atoms with E-state index in [1.807, 2.05) is 38.1 Å². The highest BCUT2D eigenvalue weighted by molar-refractivity contribution is 5.40. The number of hydrogen-bond donors (Lipinski definition) is 1. The molecule has 0 radical (unpaired) electrons. The Hall–Kier alpha value is -1.88. The molecule has 0 bridgehead atoms. The molecule has 0 spiro atoms. The lowest BCUT2D eigenvalue weighted by Gasteiger charge is -2.09. The highest BCUT2D eigenvalue weighted by atomic mass is 16.5. The van der Waals surface area contributed by atoms with Crippen molar-refractivity contribution in [3.8, 4) is 0 Å². The quantitative estimate of drug-likeness (QED) is 0.786. The van der Waals surface area contributed by atoms with Crippen LogP contribution >= 0.6 is 0 Å². The molecule has 0 amide bonds. The van der Waals surface area contributed by atoms with Gasteiger partial charge in [-0.25, -0.2) is 0 Å². The summed E-state index contributed by atoms with van der Waals surface area (Å²) in [6, 6.07) is 7.84. The molecule has 1 aromatic carbocycles. The summed E-state index contributed by atoms with van der Waals surface area (Å²) in [6.07, 6.45) is 2.30. The van der Waals surface area contributed by atoms with Crippen LogP contribution in [0, 0.1) is 0 Å². The van der Waals surface area contributed by atoms with E-state index in [9.17, 15) is 0 Å². The second kappa shape index (κ2) is 7.05. The van der Waals surface area contributed by atoms with Crippen molar-refractivity contribution in [3.05, 3.63) is 41.5 Å². The number of hydrogen-bond acceptors (Lipinski definition) is 5. The zero-order valence-electron chi connectivity index (χ0n) is 12.0. The zero-order chi connectivity index (χ0) is 14.4. The molecule has 2 aromatic rings. The van der Waals surface area contributed by atoms with Crippen LogP contribution in [-0.4, -0.2) is 16.7 Å². The maximum atomic E-state index is 5.75. The summed E-state index contributed by atoms with van der Waals surface area (Å²) in [5.74, 6) is 1.28. The van der Waals surface area contributed by atoms with Crippen molar-refractivity contribution in [2.24, 2.45) is 0 Å². The topological polar surface area (TPSA) is 74.2 Å². The first-order valence-corrected chi connectivity index (χ1v) is 7.01. The van der Waals surface area contributed by atoms with Gasteiger partial charge in [0.25, 0.3) is 0 Å². The highest BCUT2D eigenvalue weighted by Crippen LogP contribution is 2.18. The summed E-state index contributed by atoms with van der Waals surface area (Å²) in [6.45, 7) is 4.65. The molecule has 2 N–H and O–H groups in total. The molecule has 0 saturated heterocycles. The first kappa shape index (κ1) is 14.5. The van der Waals surface area contributed by atoms with E-state index in [0.717, 1.165) is 18.5 Å². The summed E-state index contributed by atoms with van der Waals surface area (Å²) in [5.41, 5.74) is 7.70. The van der Waals surface area contributed by atoms with E-state index >= 15 is 0 Å². The van der Waals surface area contributed by atoms with Crippen LogP contribution in [0.4, 0.5) is 5.69 Å². The first-order valence-electron chi connectivity index (χ1n) is 7.01. The van der Waals surface area contributed by atoms with Crippen molar-refractivity contribution in [1.82, 2.24) is 10.1 Å². The molecule has 1 aromatic heterocycles. The second-order valence-corrected chi connectivity index (χ2v) is 4.64. The average molecular weight is 275 g/mol. The Labute approximate surface area is 119 Å². The lowest BCUT2D eigenvalue weighted by atomic mass is 10.1. The number of rotatable bonds is 7. The molecule has 0 fully saturated rings. The van der Waals surface area contributed by atoms with Crippen molar-refractivity contribution < 1.29 is 9.26 Å². The summed E-state index contributed by atoms with van der Waals surface area (Å²) in [7, 11) is 0. The van der Waals surface area contributed by atoms with E-state index in [0.29, 0.717) is 24.7 Å². The Morgan fingerprint density at radius 3 is 2.85 bits per heavy atom. The standard InChI is InChI=1S/C15H21N3O2/c1-3-13(19-4-2)15-17-14(20-18-15)9-8-11-6-5-7-12(16)10-11/h5-7,10,13H,3-4,8-9,16H2,1-2H3. The van der Waals surface area contributed by atoms with Gasteiger partial charge in [0.1, 0.15) is 6.10 Å². The van der Waals surface area contributed by atoms with E-state index in [1.165, 1.54) is 5.56 Å². The molecule has 0 saturated carbocycles. The minimum atomic E-state index is -0.0788. The molecule has 1 heterocycles. The number of nitrogens with two attached hydrogens (primary N) is 1. The van der Waals surface area contributed by atoms with Gasteiger partial charge in [-0.1, -0.05) is 24.2 Å². The van der Waals surface area contributed by atoms with Crippen LogP contribution in [-0.2, 0) is 17.6 Å². The molecule has 1 unspecified atom stereocenters. The van der Waals surface area contributed by atoms with Crippen molar-refractivity contribution in [2.45, 2.75) is 39.2 Å². The Morgan fingerprint density at radius 1 is 1.30 bits per heavy atom. The fourth-order valence-corrected chi connectivity index (χ4v) is 2.08. The van der Waals surface area contributed by atoms with E-state index in [4.69, 9.17) is 15.0 Å². The van der Waals surface area contributed by atoms with Crippen LogP contribution in [0.1, 0.15) is 43.7 Å². The summed E-state index contributed by atoms with van der Waals surface area (Å²) < 4.78 is 10.8. The molecule has 2 rings (SSSR count). The smallest absolute Gasteiger partial charge is 0.227 e. The normalized spacial score (nSPS) is 12.5. The van der Waals surface area contributed by atoms with Crippen molar-refractivity contribution in [1.29, 1.82) is 0 Å². The highest BCUT2D eigenvalue weighted by Gasteiger charge is 2.16. The molecule has 0 aliphatic rings. The summed E-state index contributed by atoms with van der Waals surface area (Å²) >= 11 is 0. The van der Waals surface area contributed by atoms with Crippen LogP contribution in [0.15, 0.2) is 28.8 Å². The third kappa shape index (κ3) is 3.81. The Balaban J connectivity index is 1.95. The van der Waals surface area contributed by atoms with E-state index in [2.05, 4.69) is 10.1 Å². The predicted octanol–water partition coefficient (Wildman–Crippen LogP) is 2.92. The third-order valence-electron chi connectivity index (χ3n) is 3.09. The fraction of sp³-hybridized carbons (Fsp3) is 0.467. The number of aryl methyl sites for hydroxylation is 2. The largest absolute Gasteiger partial charge is 0.399 e. The van der Waals surface area contributed by atoms with Gasteiger partial charge in [0.15, 0.2) is 0 Å². The van der Waals surface area contributed by atoms with Gasteiger partial charge in [0.2, 0.25) is 11.7 Å². The van der Waals surface area contributed by atoms with Gasteiger partial charge in [0, 0.05) is 18.7 Å². The number of benzene rings is 1. The monoisotopic (exact) mass is 275 g/mol. The number of nitrogen functional groups attached to an aromatic ring is 1. The van der Waals surface area contributed by atoms with Gasteiger partial charge in [0.05, 0.1) is 0 Å². The Morgan fingerprint density at radius 2 is 2.15 bits per heavy atom. The van der Waals surface area contributed by atoms with E-state index in [-0.39, 0.29) is 6.10 Å². The number of anilines is 1. The SMILES string of the molecule is CCOC(CC)c1noc(CCc2cccc(N)c2)n1. The second-order valence-electron chi connectivity index (χ2n) is 4.64. The van der Waals surface area contributed by atoms with Gasteiger partial charge < -0.3 is 15.0 Å². The first-order chi connectivity index (χ1) is 9.72. The fourth-order valence-electron chi connectivity index (χ4n) is 2.08.